The highest BCUT2D eigenvalue weighted by Crippen LogP contribution is 2.19. The van der Waals surface area contributed by atoms with Crippen LogP contribution in [0.3, 0.4) is 0 Å². The molecule has 1 atom stereocenters. The van der Waals surface area contributed by atoms with E-state index in [0.717, 1.165) is 80.6 Å². The van der Waals surface area contributed by atoms with E-state index >= 15 is 0 Å². The van der Waals surface area contributed by atoms with Gasteiger partial charge in [-0.25, -0.2) is 9.67 Å². The summed E-state index contributed by atoms with van der Waals surface area (Å²) in [6.07, 6.45) is 9.45. The van der Waals surface area contributed by atoms with E-state index < -0.39 is 0 Å². The van der Waals surface area contributed by atoms with Gasteiger partial charge in [0.1, 0.15) is 11.3 Å². The number of hydrogen-bond acceptors (Lipinski definition) is 5. The van der Waals surface area contributed by atoms with Gasteiger partial charge in [0.25, 0.3) is 11.5 Å². The Morgan fingerprint density at radius 1 is 1.15 bits per heavy atom. The Kier molecular flexibility index (Phi) is 6.26. The summed E-state index contributed by atoms with van der Waals surface area (Å²) < 4.78 is 3.48. The van der Waals surface area contributed by atoms with Crippen molar-refractivity contribution in [3.05, 3.63) is 63.5 Å². The van der Waals surface area contributed by atoms with Crippen molar-refractivity contribution >= 4 is 11.6 Å². The Labute approximate surface area is 193 Å². The van der Waals surface area contributed by atoms with Crippen LogP contribution in [-0.4, -0.2) is 55.6 Å². The van der Waals surface area contributed by atoms with Crippen LogP contribution in [0.1, 0.15) is 59.5 Å². The van der Waals surface area contributed by atoms with Gasteiger partial charge >= 0.3 is 0 Å². The van der Waals surface area contributed by atoms with E-state index in [1.165, 1.54) is 0 Å². The third-order valence-corrected chi connectivity index (χ3v) is 7.04. The van der Waals surface area contributed by atoms with Crippen LogP contribution in [0.2, 0.25) is 0 Å². The quantitative estimate of drug-likeness (QED) is 0.626. The second kappa shape index (κ2) is 9.47. The lowest BCUT2D eigenvalue weighted by atomic mass is 9.97. The number of nitrogens with zero attached hydrogens (tertiary/aromatic N) is 5. The highest BCUT2D eigenvalue weighted by Gasteiger charge is 2.24. The van der Waals surface area contributed by atoms with Crippen LogP contribution in [0.25, 0.3) is 5.65 Å². The maximum atomic E-state index is 13.0. The van der Waals surface area contributed by atoms with E-state index in [9.17, 15) is 9.59 Å². The summed E-state index contributed by atoms with van der Waals surface area (Å²) in [5.41, 5.74) is 4.33. The maximum Gasteiger partial charge on any atom is 0.270 e. The molecule has 1 fully saturated rings. The molecule has 8 heteroatoms. The van der Waals surface area contributed by atoms with E-state index in [-0.39, 0.29) is 17.5 Å². The normalized spacial score (nSPS) is 18.9. The summed E-state index contributed by atoms with van der Waals surface area (Å²) >= 11 is 0. The molecule has 1 amide bonds. The van der Waals surface area contributed by atoms with Gasteiger partial charge in [-0.1, -0.05) is 12.5 Å². The smallest absolute Gasteiger partial charge is 0.270 e. The molecule has 5 rings (SSSR count). The fourth-order valence-electron chi connectivity index (χ4n) is 5.25. The molecule has 1 aliphatic heterocycles. The average molecular weight is 449 g/mol. The molecule has 0 bridgehead atoms. The predicted molar refractivity (Wildman–Crippen MR) is 127 cm³/mol. The molecular weight excluding hydrogens is 416 g/mol. The second-order valence-electron chi connectivity index (χ2n) is 9.26. The fourth-order valence-corrected chi connectivity index (χ4v) is 5.25. The van der Waals surface area contributed by atoms with Gasteiger partial charge in [0.15, 0.2) is 0 Å². The van der Waals surface area contributed by atoms with Crippen LogP contribution < -0.4 is 10.9 Å². The number of nitrogens with one attached hydrogen (secondary N) is 1. The van der Waals surface area contributed by atoms with E-state index in [1.54, 1.807) is 10.7 Å². The molecule has 33 heavy (non-hydrogen) atoms. The van der Waals surface area contributed by atoms with Crippen molar-refractivity contribution in [2.24, 2.45) is 0 Å². The topological polar surface area (TPSA) is 84.5 Å². The van der Waals surface area contributed by atoms with Gasteiger partial charge < -0.3 is 5.32 Å². The fraction of sp³-hybridized carbons (Fsp3) is 0.520. The first kappa shape index (κ1) is 21.8. The van der Waals surface area contributed by atoms with Crippen LogP contribution in [0.15, 0.2) is 35.3 Å². The number of rotatable bonds is 6. The zero-order valence-corrected chi connectivity index (χ0v) is 19.3. The number of likely N-dealkylation sites (tertiary alicyclic amines) is 1. The van der Waals surface area contributed by atoms with Crippen LogP contribution in [0, 0.1) is 6.92 Å². The average Bonchev–Trinajstić information content (AvgIpc) is 3.17. The number of pyridine rings is 1. The molecule has 2 aliphatic rings. The van der Waals surface area contributed by atoms with Gasteiger partial charge in [-0.3, -0.25) is 18.9 Å². The summed E-state index contributed by atoms with van der Waals surface area (Å²) in [7, 11) is 0. The van der Waals surface area contributed by atoms with Crippen LogP contribution in [0.5, 0.6) is 0 Å². The van der Waals surface area contributed by atoms with E-state index in [0.29, 0.717) is 18.8 Å². The SMILES string of the molecule is Cc1nc2ccccn2c1C(=O)NCC1CCCCN1CCn1nc2c(cc1=O)CCCC2. The Hall–Kier alpha value is -3.00. The lowest BCUT2D eigenvalue weighted by Gasteiger charge is -2.35. The molecule has 1 N–H and O–H groups in total. The van der Waals surface area contributed by atoms with Gasteiger partial charge in [0.2, 0.25) is 0 Å². The summed E-state index contributed by atoms with van der Waals surface area (Å²) in [6.45, 7) is 4.79. The molecule has 0 aromatic carbocycles. The van der Waals surface area contributed by atoms with Gasteiger partial charge in [-0.2, -0.15) is 5.10 Å². The molecule has 3 aromatic heterocycles. The zero-order valence-electron chi connectivity index (χ0n) is 19.3. The lowest BCUT2D eigenvalue weighted by molar-refractivity contribution is 0.0903. The largest absolute Gasteiger partial charge is 0.349 e. The van der Waals surface area contributed by atoms with Crippen LogP contribution in [-0.2, 0) is 19.4 Å². The summed E-state index contributed by atoms with van der Waals surface area (Å²) in [6, 6.07) is 7.78. The minimum Gasteiger partial charge on any atom is -0.349 e. The van der Waals surface area contributed by atoms with Crippen molar-refractivity contribution in [3.63, 3.8) is 0 Å². The Bertz CT molecular complexity index is 1210. The van der Waals surface area contributed by atoms with Crippen molar-refractivity contribution in [1.82, 2.24) is 29.4 Å². The first-order valence-electron chi connectivity index (χ1n) is 12.2. The lowest BCUT2D eigenvalue weighted by Crippen LogP contribution is -2.48. The van der Waals surface area contributed by atoms with Gasteiger partial charge in [-0.05, 0) is 69.7 Å². The Morgan fingerprint density at radius 2 is 2.03 bits per heavy atom. The number of amides is 1. The zero-order chi connectivity index (χ0) is 22.8. The number of imidazole rings is 1. The number of hydrogen-bond donors (Lipinski definition) is 1. The molecule has 0 radical (unpaired) electrons. The second-order valence-corrected chi connectivity index (χ2v) is 9.26. The standard InChI is InChI=1S/C25H32N6O2/c1-18-24(30-13-7-5-11-22(30)27-18)25(33)26-17-20-9-4-6-12-29(20)14-15-31-23(32)16-19-8-2-3-10-21(19)28-31/h5,7,11,13,16,20H,2-4,6,8-10,12,14-15,17H2,1H3,(H,26,33). The monoisotopic (exact) mass is 448 g/mol. The van der Waals surface area contributed by atoms with E-state index in [1.807, 2.05) is 35.7 Å². The van der Waals surface area contributed by atoms with E-state index in [4.69, 9.17) is 0 Å². The Morgan fingerprint density at radius 3 is 2.94 bits per heavy atom. The van der Waals surface area contributed by atoms with Gasteiger partial charge in [0, 0.05) is 31.4 Å². The number of aryl methyl sites for hydroxylation is 3. The van der Waals surface area contributed by atoms with Gasteiger partial charge in [-0.15, -0.1) is 0 Å². The summed E-state index contributed by atoms with van der Waals surface area (Å²) in [5, 5.41) is 7.81. The third-order valence-electron chi connectivity index (χ3n) is 7.04. The molecule has 0 saturated carbocycles. The number of aromatic nitrogens is 4. The number of piperidine rings is 1. The highest BCUT2D eigenvalue weighted by molar-refractivity contribution is 5.94. The van der Waals surface area contributed by atoms with Crippen molar-refractivity contribution < 1.29 is 4.79 Å². The summed E-state index contributed by atoms with van der Waals surface area (Å²) in [5.74, 6) is -0.0932. The molecule has 1 saturated heterocycles. The molecule has 8 nitrogen and oxygen atoms in total. The van der Waals surface area contributed by atoms with Crippen molar-refractivity contribution in [2.45, 2.75) is 64.5 Å². The first-order valence-corrected chi connectivity index (χ1v) is 12.2. The minimum atomic E-state index is -0.0932. The first-order chi connectivity index (χ1) is 16.1. The van der Waals surface area contributed by atoms with Crippen molar-refractivity contribution in [3.8, 4) is 0 Å². The molecule has 1 unspecified atom stereocenters. The van der Waals surface area contributed by atoms with Gasteiger partial charge in [0.05, 0.1) is 17.9 Å². The highest BCUT2D eigenvalue weighted by atomic mass is 16.2. The molecule has 4 heterocycles. The molecule has 3 aromatic rings. The Balaban J connectivity index is 1.23. The molecule has 174 valence electrons. The van der Waals surface area contributed by atoms with Crippen LogP contribution in [0.4, 0.5) is 0 Å². The third kappa shape index (κ3) is 4.57. The number of fused-ring (bicyclic) bond motifs is 2. The predicted octanol–water partition coefficient (Wildman–Crippen LogP) is 2.36. The van der Waals surface area contributed by atoms with E-state index in [2.05, 4.69) is 20.3 Å². The summed E-state index contributed by atoms with van der Waals surface area (Å²) in [4.78, 5) is 32.5. The van der Waals surface area contributed by atoms with Crippen molar-refractivity contribution in [1.29, 1.82) is 0 Å². The van der Waals surface area contributed by atoms with Crippen molar-refractivity contribution in [2.75, 3.05) is 19.6 Å². The maximum absolute atomic E-state index is 13.0. The molecule has 0 spiro atoms. The minimum absolute atomic E-state index is 0.000554. The number of carbonyl (C=O) groups excluding carboxylic acids is 1. The number of carbonyl (C=O) groups is 1. The molecular formula is C25H32N6O2. The van der Waals surface area contributed by atoms with Crippen LogP contribution >= 0.6 is 0 Å². The molecule has 1 aliphatic carbocycles.